The van der Waals surface area contributed by atoms with E-state index in [1.165, 1.54) is 19.3 Å². The molecular formula is C16H22ClNO2. The lowest BCUT2D eigenvalue weighted by Gasteiger charge is -2.34. The number of carbonyl (C=O) groups excluding carboxylic acids is 1. The summed E-state index contributed by atoms with van der Waals surface area (Å²) < 4.78 is 5.12. The van der Waals surface area contributed by atoms with Crippen molar-refractivity contribution in [1.82, 2.24) is 4.90 Å². The summed E-state index contributed by atoms with van der Waals surface area (Å²) in [4.78, 5) is 14.3. The lowest BCUT2D eigenvalue weighted by molar-refractivity contribution is -0.144. The Morgan fingerprint density at radius 3 is 2.50 bits per heavy atom. The van der Waals surface area contributed by atoms with Gasteiger partial charge in [0.25, 0.3) is 0 Å². The number of nitrogens with zero attached hydrogens (tertiary/aromatic N) is 1. The van der Waals surface area contributed by atoms with Crippen LogP contribution in [-0.2, 0) is 9.53 Å². The molecule has 1 aromatic rings. The van der Waals surface area contributed by atoms with Crippen LogP contribution in [-0.4, -0.2) is 30.6 Å². The predicted molar refractivity (Wildman–Crippen MR) is 80.9 cm³/mol. The monoisotopic (exact) mass is 295 g/mol. The van der Waals surface area contributed by atoms with Gasteiger partial charge in [-0.15, -0.1) is 0 Å². The highest BCUT2D eigenvalue weighted by Gasteiger charge is 2.25. The molecule has 0 aromatic heterocycles. The molecule has 1 heterocycles. The molecular weight excluding hydrogens is 274 g/mol. The van der Waals surface area contributed by atoms with Gasteiger partial charge in [0.15, 0.2) is 0 Å². The minimum Gasteiger partial charge on any atom is -0.466 e. The van der Waals surface area contributed by atoms with E-state index in [2.05, 4.69) is 4.90 Å². The van der Waals surface area contributed by atoms with Crippen molar-refractivity contribution >= 4 is 17.6 Å². The highest BCUT2D eigenvalue weighted by atomic mass is 35.5. The van der Waals surface area contributed by atoms with Gasteiger partial charge in [-0.3, -0.25) is 9.69 Å². The molecule has 20 heavy (non-hydrogen) atoms. The van der Waals surface area contributed by atoms with Crippen LogP contribution < -0.4 is 0 Å². The first-order valence-electron chi connectivity index (χ1n) is 7.36. The number of rotatable bonds is 5. The molecule has 3 nitrogen and oxygen atoms in total. The van der Waals surface area contributed by atoms with Crippen LogP contribution in [0.3, 0.4) is 0 Å². The van der Waals surface area contributed by atoms with Crippen LogP contribution >= 0.6 is 11.6 Å². The first kappa shape index (κ1) is 15.3. The summed E-state index contributed by atoms with van der Waals surface area (Å²) in [7, 11) is 0. The Labute approximate surface area is 125 Å². The van der Waals surface area contributed by atoms with E-state index in [1.54, 1.807) is 0 Å². The van der Waals surface area contributed by atoms with E-state index < -0.39 is 0 Å². The van der Waals surface area contributed by atoms with Crippen molar-refractivity contribution in [3.63, 3.8) is 0 Å². The summed E-state index contributed by atoms with van der Waals surface area (Å²) >= 11 is 5.95. The highest BCUT2D eigenvalue weighted by Crippen LogP contribution is 2.28. The van der Waals surface area contributed by atoms with Crippen LogP contribution in [0, 0.1) is 0 Å². The van der Waals surface area contributed by atoms with Crippen molar-refractivity contribution in [2.24, 2.45) is 0 Å². The van der Waals surface area contributed by atoms with E-state index >= 15 is 0 Å². The van der Waals surface area contributed by atoms with Gasteiger partial charge in [-0.25, -0.2) is 0 Å². The molecule has 0 N–H and O–H groups in total. The van der Waals surface area contributed by atoms with Crippen molar-refractivity contribution in [2.45, 2.75) is 38.6 Å². The van der Waals surface area contributed by atoms with Crippen LogP contribution in [0.5, 0.6) is 0 Å². The molecule has 0 bridgehead atoms. The first-order valence-corrected chi connectivity index (χ1v) is 7.73. The Morgan fingerprint density at radius 2 is 1.90 bits per heavy atom. The second kappa shape index (κ2) is 7.65. The summed E-state index contributed by atoms with van der Waals surface area (Å²) in [6.07, 6.45) is 4.10. The number of ether oxygens (including phenoxy) is 1. The summed E-state index contributed by atoms with van der Waals surface area (Å²) in [6, 6.07) is 7.91. The number of halogens is 1. The molecule has 1 saturated heterocycles. The van der Waals surface area contributed by atoms with Gasteiger partial charge in [-0.2, -0.15) is 0 Å². The van der Waals surface area contributed by atoms with Crippen molar-refractivity contribution in [3.8, 4) is 0 Å². The lowest BCUT2D eigenvalue weighted by atomic mass is 9.99. The molecule has 0 aliphatic carbocycles. The largest absolute Gasteiger partial charge is 0.466 e. The van der Waals surface area contributed by atoms with E-state index in [0.29, 0.717) is 13.0 Å². The van der Waals surface area contributed by atoms with Crippen LogP contribution in [0.25, 0.3) is 0 Å². The van der Waals surface area contributed by atoms with Crippen molar-refractivity contribution < 1.29 is 9.53 Å². The topological polar surface area (TPSA) is 29.5 Å². The van der Waals surface area contributed by atoms with Gasteiger partial charge in [0.05, 0.1) is 13.0 Å². The predicted octanol–water partition coefficient (Wildman–Crippen LogP) is 3.82. The van der Waals surface area contributed by atoms with E-state index in [0.717, 1.165) is 23.7 Å². The van der Waals surface area contributed by atoms with Crippen LogP contribution in [0.4, 0.5) is 0 Å². The average Bonchev–Trinajstić information content (AvgIpc) is 2.47. The van der Waals surface area contributed by atoms with Crippen molar-refractivity contribution in [2.75, 3.05) is 19.7 Å². The van der Waals surface area contributed by atoms with E-state index in [9.17, 15) is 4.79 Å². The molecule has 1 aromatic carbocycles. The second-order valence-electron chi connectivity index (χ2n) is 5.17. The highest BCUT2D eigenvalue weighted by molar-refractivity contribution is 6.30. The molecule has 1 fully saturated rings. The fraction of sp³-hybridized carbons (Fsp3) is 0.562. The maximum absolute atomic E-state index is 11.9. The zero-order valence-corrected chi connectivity index (χ0v) is 12.7. The molecule has 0 unspecified atom stereocenters. The molecule has 1 aliphatic heterocycles. The third-order valence-corrected chi connectivity index (χ3v) is 4.00. The minimum atomic E-state index is -0.127. The van der Waals surface area contributed by atoms with Gasteiger partial charge in [-0.05, 0) is 50.6 Å². The molecule has 1 atom stereocenters. The van der Waals surface area contributed by atoms with E-state index in [4.69, 9.17) is 16.3 Å². The molecule has 0 spiro atoms. The third-order valence-electron chi connectivity index (χ3n) is 3.75. The smallest absolute Gasteiger partial charge is 0.307 e. The number of piperidine rings is 1. The van der Waals surface area contributed by atoms with Crippen molar-refractivity contribution in [1.29, 1.82) is 0 Å². The zero-order chi connectivity index (χ0) is 14.4. The second-order valence-corrected chi connectivity index (χ2v) is 5.61. The van der Waals surface area contributed by atoms with Gasteiger partial charge < -0.3 is 4.74 Å². The quantitative estimate of drug-likeness (QED) is 0.774. The number of hydrogen-bond donors (Lipinski definition) is 0. The maximum Gasteiger partial charge on any atom is 0.307 e. The number of hydrogen-bond acceptors (Lipinski definition) is 3. The minimum absolute atomic E-state index is 0.103. The van der Waals surface area contributed by atoms with Crippen LogP contribution in [0.1, 0.15) is 44.2 Å². The Hall–Kier alpha value is -1.06. The molecule has 4 heteroatoms. The molecule has 0 saturated carbocycles. The Kier molecular flexibility index (Phi) is 5.86. The van der Waals surface area contributed by atoms with Crippen molar-refractivity contribution in [3.05, 3.63) is 34.9 Å². The first-order chi connectivity index (χ1) is 9.70. The Bertz CT molecular complexity index is 427. The van der Waals surface area contributed by atoms with Gasteiger partial charge in [-0.1, -0.05) is 30.2 Å². The van der Waals surface area contributed by atoms with Crippen LogP contribution in [0.15, 0.2) is 24.3 Å². The Morgan fingerprint density at radius 1 is 1.25 bits per heavy atom. The van der Waals surface area contributed by atoms with Gasteiger partial charge in [0.1, 0.15) is 0 Å². The maximum atomic E-state index is 11.9. The normalized spacial score (nSPS) is 17.7. The lowest BCUT2D eigenvalue weighted by Crippen LogP contribution is -2.35. The summed E-state index contributed by atoms with van der Waals surface area (Å²) in [5, 5.41) is 0.724. The number of carbonyl (C=O) groups is 1. The average molecular weight is 296 g/mol. The number of esters is 1. The zero-order valence-electron chi connectivity index (χ0n) is 12.0. The molecule has 0 amide bonds. The molecule has 0 radical (unpaired) electrons. The fourth-order valence-corrected chi connectivity index (χ4v) is 2.88. The van der Waals surface area contributed by atoms with Gasteiger partial charge in [0, 0.05) is 11.1 Å². The SMILES string of the molecule is CCOC(=O)C[C@@H](c1ccc(Cl)cc1)N1CCCCC1. The number of likely N-dealkylation sites (tertiary alicyclic amines) is 1. The summed E-state index contributed by atoms with van der Waals surface area (Å²) in [6.45, 7) is 4.38. The summed E-state index contributed by atoms with van der Waals surface area (Å²) in [5.41, 5.74) is 1.14. The molecule has 110 valence electrons. The fourth-order valence-electron chi connectivity index (χ4n) is 2.75. The van der Waals surface area contributed by atoms with Crippen LogP contribution in [0.2, 0.25) is 5.02 Å². The van der Waals surface area contributed by atoms with Gasteiger partial charge >= 0.3 is 5.97 Å². The standard InChI is InChI=1S/C16H22ClNO2/c1-2-20-16(19)12-15(18-10-4-3-5-11-18)13-6-8-14(17)9-7-13/h6-9,15H,2-5,10-12H2,1H3/t15-/m0/s1. The third kappa shape index (κ3) is 4.22. The molecule has 1 aliphatic rings. The van der Waals surface area contributed by atoms with E-state index in [1.807, 2.05) is 31.2 Å². The van der Waals surface area contributed by atoms with Gasteiger partial charge in [0.2, 0.25) is 0 Å². The Balaban J connectivity index is 2.13. The number of benzene rings is 1. The summed E-state index contributed by atoms with van der Waals surface area (Å²) in [5.74, 6) is -0.127. The molecule has 2 rings (SSSR count). The van der Waals surface area contributed by atoms with E-state index in [-0.39, 0.29) is 12.0 Å².